The van der Waals surface area contributed by atoms with Gasteiger partial charge in [0.2, 0.25) is 0 Å². The van der Waals surface area contributed by atoms with Gasteiger partial charge in [0.25, 0.3) is 0 Å². The van der Waals surface area contributed by atoms with Gasteiger partial charge in [0, 0.05) is 18.3 Å². The number of ketones is 2. The summed E-state index contributed by atoms with van der Waals surface area (Å²) in [5.74, 6) is -0.276. The molecule has 0 aromatic carbocycles. The van der Waals surface area contributed by atoms with Gasteiger partial charge in [0.1, 0.15) is 0 Å². The summed E-state index contributed by atoms with van der Waals surface area (Å²) in [5.41, 5.74) is 0.637. The number of hydrogen-bond acceptors (Lipinski definition) is 2. The normalized spacial score (nSPS) is 38.2. The highest BCUT2D eigenvalue weighted by molar-refractivity contribution is 6.37. The minimum atomic E-state index is -0.140. The van der Waals surface area contributed by atoms with Crippen molar-refractivity contribution in [2.75, 3.05) is 0 Å². The minimum absolute atomic E-state index is 0.136. The minimum Gasteiger partial charge on any atom is -0.291 e. The van der Waals surface area contributed by atoms with Gasteiger partial charge >= 0.3 is 0 Å². The lowest BCUT2D eigenvalue weighted by Gasteiger charge is -2.41. The first kappa shape index (κ1) is 13.8. The Bertz CT molecular complexity index is 454. The van der Waals surface area contributed by atoms with Crippen LogP contribution in [0.3, 0.4) is 0 Å². The molecule has 0 amide bonds. The van der Waals surface area contributed by atoms with Crippen molar-refractivity contribution in [2.24, 2.45) is 10.8 Å². The van der Waals surface area contributed by atoms with Crippen LogP contribution in [0.4, 0.5) is 0 Å². The molecule has 0 saturated heterocycles. The van der Waals surface area contributed by atoms with Crippen LogP contribution in [0.25, 0.3) is 0 Å². The summed E-state index contributed by atoms with van der Waals surface area (Å²) in [6.45, 7) is 0. The number of carbonyl (C=O) groups excluding carboxylic acids is 2. The van der Waals surface area contributed by atoms with E-state index in [1.54, 1.807) is 0 Å². The van der Waals surface area contributed by atoms with E-state index < -0.39 is 0 Å². The molecule has 3 aliphatic rings. The zero-order valence-corrected chi connectivity index (χ0v) is 12.2. The van der Waals surface area contributed by atoms with E-state index in [1.165, 1.54) is 19.3 Å². The van der Waals surface area contributed by atoms with Crippen molar-refractivity contribution >= 4 is 11.6 Å². The van der Waals surface area contributed by atoms with Crippen LogP contribution in [-0.2, 0) is 9.59 Å². The fourth-order valence-corrected chi connectivity index (χ4v) is 4.46. The molecule has 0 aliphatic heterocycles. The zero-order valence-electron chi connectivity index (χ0n) is 12.2. The highest BCUT2D eigenvalue weighted by Crippen LogP contribution is 2.61. The van der Waals surface area contributed by atoms with Gasteiger partial charge in [0.15, 0.2) is 11.6 Å². The van der Waals surface area contributed by atoms with Gasteiger partial charge in [-0.3, -0.25) is 9.59 Å². The Morgan fingerprint density at radius 1 is 0.750 bits per heavy atom. The summed E-state index contributed by atoms with van der Waals surface area (Å²) in [6, 6.07) is 0. The molecular formula is C18H24O2. The van der Waals surface area contributed by atoms with Crippen molar-refractivity contribution in [1.29, 1.82) is 0 Å². The summed E-state index contributed by atoms with van der Waals surface area (Å²) in [6.07, 6.45) is 19.1. The van der Waals surface area contributed by atoms with E-state index in [0.717, 1.165) is 32.1 Å². The predicted molar refractivity (Wildman–Crippen MR) is 79.3 cm³/mol. The van der Waals surface area contributed by atoms with E-state index in [1.807, 2.05) is 0 Å². The van der Waals surface area contributed by atoms with Crippen LogP contribution in [0.5, 0.6) is 0 Å². The van der Waals surface area contributed by atoms with Gasteiger partial charge in [-0.2, -0.15) is 0 Å². The molecule has 0 aromatic heterocycles. The second-order valence-corrected chi connectivity index (χ2v) is 6.79. The third-order valence-corrected chi connectivity index (χ3v) is 5.70. The standard InChI is InChI=1S/C18H24O2/c19-15-7-1-3-9-17-11-5-13-18(17,14-6-12-17)10-4-2-8-16(15)20/h5-6,11-12H,1-4,7-10,13-14H2. The molecule has 0 N–H and O–H groups in total. The summed E-state index contributed by atoms with van der Waals surface area (Å²) in [4.78, 5) is 23.4. The maximum atomic E-state index is 11.7. The van der Waals surface area contributed by atoms with E-state index in [2.05, 4.69) is 24.3 Å². The van der Waals surface area contributed by atoms with E-state index in [4.69, 9.17) is 0 Å². The Labute approximate surface area is 121 Å². The van der Waals surface area contributed by atoms with Crippen molar-refractivity contribution < 1.29 is 9.59 Å². The molecule has 20 heavy (non-hydrogen) atoms. The fraction of sp³-hybridized carbons (Fsp3) is 0.667. The number of allylic oxidation sites excluding steroid dienone is 4. The topological polar surface area (TPSA) is 34.1 Å². The molecule has 108 valence electrons. The van der Waals surface area contributed by atoms with Crippen LogP contribution >= 0.6 is 0 Å². The van der Waals surface area contributed by atoms with Gasteiger partial charge in [-0.25, -0.2) is 0 Å². The van der Waals surface area contributed by atoms with E-state index >= 15 is 0 Å². The summed E-state index contributed by atoms with van der Waals surface area (Å²) >= 11 is 0. The smallest absolute Gasteiger partial charge is 0.198 e. The number of Topliss-reactive ketones (excluding diaryl/α,β-unsaturated/α-hetero) is 2. The Morgan fingerprint density at radius 3 is 1.90 bits per heavy atom. The molecule has 1 saturated carbocycles. The van der Waals surface area contributed by atoms with Gasteiger partial charge in [-0.1, -0.05) is 37.1 Å². The lowest BCUT2D eigenvalue weighted by Crippen LogP contribution is -2.33. The highest BCUT2D eigenvalue weighted by Gasteiger charge is 2.51. The summed E-state index contributed by atoms with van der Waals surface area (Å²) in [5, 5.41) is 0. The molecule has 0 aromatic rings. The van der Waals surface area contributed by atoms with Gasteiger partial charge < -0.3 is 0 Å². The van der Waals surface area contributed by atoms with E-state index in [9.17, 15) is 9.59 Å². The molecule has 0 heterocycles. The lowest BCUT2D eigenvalue weighted by molar-refractivity contribution is -0.136. The number of carbonyl (C=O) groups is 2. The Balaban J connectivity index is 1.76. The quantitative estimate of drug-likeness (QED) is 0.490. The van der Waals surface area contributed by atoms with Crippen LogP contribution in [0.2, 0.25) is 0 Å². The molecule has 0 unspecified atom stereocenters. The Morgan fingerprint density at radius 2 is 1.30 bits per heavy atom. The second-order valence-electron chi connectivity index (χ2n) is 6.79. The van der Waals surface area contributed by atoms with Gasteiger partial charge in [-0.15, -0.1) is 0 Å². The lowest BCUT2D eigenvalue weighted by atomic mass is 9.62. The van der Waals surface area contributed by atoms with Crippen molar-refractivity contribution in [3.05, 3.63) is 24.3 Å². The molecule has 3 rings (SSSR count). The predicted octanol–water partition coefficient (Wildman–Crippen LogP) is 4.15. The number of hydrogen-bond donors (Lipinski definition) is 0. The maximum absolute atomic E-state index is 11.7. The molecule has 0 atom stereocenters. The molecule has 0 bridgehead atoms. The van der Waals surface area contributed by atoms with Crippen LogP contribution in [0.1, 0.15) is 64.2 Å². The molecule has 3 aliphatic carbocycles. The van der Waals surface area contributed by atoms with E-state index in [0.29, 0.717) is 18.3 Å². The number of rotatable bonds is 0. The maximum Gasteiger partial charge on any atom is 0.198 e. The molecule has 2 heteroatoms. The van der Waals surface area contributed by atoms with Crippen LogP contribution in [-0.4, -0.2) is 11.6 Å². The van der Waals surface area contributed by atoms with Crippen molar-refractivity contribution in [1.82, 2.24) is 0 Å². The van der Waals surface area contributed by atoms with Gasteiger partial charge in [0.05, 0.1) is 0 Å². The molecule has 2 nitrogen and oxygen atoms in total. The van der Waals surface area contributed by atoms with Crippen molar-refractivity contribution in [3.63, 3.8) is 0 Å². The second kappa shape index (κ2) is 5.31. The largest absolute Gasteiger partial charge is 0.291 e. The zero-order chi connectivity index (χ0) is 14.1. The third kappa shape index (κ3) is 2.19. The summed E-state index contributed by atoms with van der Waals surface area (Å²) in [7, 11) is 0. The first-order valence-electron chi connectivity index (χ1n) is 8.09. The average molecular weight is 272 g/mol. The first-order chi connectivity index (χ1) is 9.68. The molecular weight excluding hydrogens is 248 g/mol. The molecule has 0 spiro atoms. The SMILES string of the molecule is O=C1CCCCC23C=CCC2(CC=C3)CCCCC1=O. The third-order valence-electron chi connectivity index (χ3n) is 5.70. The Hall–Kier alpha value is -1.18. The van der Waals surface area contributed by atoms with E-state index in [-0.39, 0.29) is 17.0 Å². The van der Waals surface area contributed by atoms with Crippen LogP contribution in [0, 0.1) is 10.8 Å². The summed E-state index contributed by atoms with van der Waals surface area (Å²) < 4.78 is 0. The molecule has 1 fully saturated rings. The monoisotopic (exact) mass is 272 g/mol. The van der Waals surface area contributed by atoms with Crippen molar-refractivity contribution in [2.45, 2.75) is 64.2 Å². The fourth-order valence-electron chi connectivity index (χ4n) is 4.46. The van der Waals surface area contributed by atoms with Gasteiger partial charge in [-0.05, 0) is 43.9 Å². The highest BCUT2D eigenvalue weighted by atomic mass is 16.2. The Kier molecular flexibility index (Phi) is 3.66. The van der Waals surface area contributed by atoms with Crippen molar-refractivity contribution in [3.8, 4) is 0 Å². The van der Waals surface area contributed by atoms with Crippen LogP contribution in [0.15, 0.2) is 24.3 Å². The average Bonchev–Trinajstić information content (AvgIpc) is 2.93. The first-order valence-corrected chi connectivity index (χ1v) is 8.09. The van der Waals surface area contributed by atoms with Crippen LogP contribution < -0.4 is 0 Å². The molecule has 0 radical (unpaired) electrons.